The standard InChI is InChI=1S/C32H46N4O9/c1-8-9-10-12-33-32(39)34-18-22-19-36(31(38)21-16-26(42-4)29(45-7)27(17-21)43-5)13-11-23(22)35-30(37)20-14-24(40-2)28(44-6)25(15-20)41-3/h14-17,22-23H,8-13,18-19H2,1-7H3,(H,35,37)(H2,33,34,39)/t22-,23-/m1/s1. The van der Waals surface area contributed by atoms with Crippen molar-refractivity contribution < 1.29 is 42.8 Å². The summed E-state index contributed by atoms with van der Waals surface area (Å²) in [5.74, 6) is 1.32. The van der Waals surface area contributed by atoms with E-state index in [0.717, 1.165) is 19.3 Å². The second-order valence-corrected chi connectivity index (χ2v) is 10.6. The molecule has 1 aliphatic rings. The van der Waals surface area contributed by atoms with Gasteiger partial charge in [0.1, 0.15) is 0 Å². The van der Waals surface area contributed by atoms with Gasteiger partial charge in [-0.3, -0.25) is 9.59 Å². The summed E-state index contributed by atoms with van der Waals surface area (Å²) in [6.45, 7) is 3.55. The molecule has 2 atom stereocenters. The number of nitrogens with zero attached hydrogens (tertiary/aromatic N) is 1. The molecule has 45 heavy (non-hydrogen) atoms. The van der Waals surface area contributed by atoms with Gasteiger partial charge in [0.25, 0.3) is 11.8 Å². The maximum Gasteiger partial charge on any atom is 0.314 e. The molecule has 0 bridgehead atoms. The Hall–Kier alpha value is -4.55. The van der Waals surface area contributed by atoms with Crippen LogP contribution in [0.2, 0.25) is 0 Å². The van der Waals surface area contributed by atoms with Crippen molar-refractivity contribution in [2.75, 3.05) is 68.8 Å². The predicted molar refractivity (Wildman–Crippen MR) is 168 cm³/mol. The molecule has 13 heteroatoms. The second-order valence-electron chi connectivity index (χ2n) is 10.6. The molecular weight excluding hydrogens is 584 g/mol. The number of hydrogen-bond donors (Lipinski definition) is 3. The number of hydrogen-bond acceptors (Lipinski definition) is 9. The van der Waals surface area contributed by atoms with Gasteiger partial charge in [0.05, 0.1) is 42.7 Å². The van der Waals surface area contributed by atoms with E-state index in [0.29, 0.717) is 65.1 Å². The molecule has 0 saturated carbocycles. The van der Waals surface area contributed by atoms with Gasteiger partial charge < -0.3 is 49.3 Å². The third-order valence-corrected chi connectivity index (χ3v) is 7.77. The number of urea groups is 1. The Balaban J connectivity index is 1.83. The lowest BCUT2D eigenvalue weighted by atomic mass is 9.91. The number of methoxy groups -OCH3 is 6. The van der Waals surface area contributed by atoms with Gasteiger partial charge in [0, 0.05) is 49.3 Å². The molecule has 0 spiro atoms. The number of benzene rings is 2. The van der Waals surface area contributed by atoms with Crippen molar-refractivity contribution >= 4 is 17.8 Å². The highest BCUT2D eigenvalue weighted by Gasteiger charge is 2.34. The third kappa shape index (κ3) is 8.77. The molecule has 4 amide bonds. The molecule has 1 fully saturated rings. The molecular formula is C32H46N4O9. The van der Waals surface area contributed by atoms with Gasteiger partial charge in [-0.05, 0) is 37.1 Å². The van der Waals surface area contributed by atoms with Gasteiger partial charge in [-0.25, -0.2) is 4.79 Å². The van der Waals surface area contributed by atoms with E-state index in [-0.39, 0.29) is 42.9 Å². The molecule has 248 valence electrons. The minimum absolute atomic E-state index is 0.235. The first-order valence-electron chi connectivity index (χ1n) is 15.0. The molecule has 0 radical (unpaired) electrons. The Labute approximate surface area is 264 Å². The van der Waals surface area contributed by atoms with Crippen molar-refractivity contribution in [2.24, 2.45) is 5.92 Å². The fourth-order valence-corrected chi connectivity index (χ4v) is 5.33. The quantitative estimate of drug-likeness (QED) is 0.252. The van der Waals surface area contributed by atoms with E-state index in [2.05, 4.69) is 22.9 Å². The highest BCUT2D eigenvalue weighted by Crippen LogP contribution is 2.39. The molecule has 0 aromatic heterocycles. The number of likely N-dealkylation sites (tertiary alicyclic amines) is 1. The normalized spacial score (nSPS) is 15.8. The first-order valence-corrected chi connectivity index (χ1v) is 15.0. The van der Waals surface area contributed by atoms with Gasteiger partial charge in [-0.2, -0.15) is 0 Å². The Bertz CT molecular complexity index is 1270. The SMILES string of the molecule is CCCCCNC(=O)NC[C@@H]1CN(C(=O)c2cc(OC)c(OC)c(OC)c2)CC[C@H]1NC(=O)c1cc(OC)c(OC)c(OC)c1. The van der Waals surface area contributed by atoms with Crippen LogP contribution in [0.15, 0.2) is 24.3 Å². The van der Waals surface area contributed by atoms with Crippen LogP contribution >= 0.6 is 0 Å². The second kappa shape index (κ2) is 17.1. The Morgan fingerprint density at radius 3 is 1.78 bits per heavy atom. The van der Waals surface area contributed by atoms with Crippen molar-refractivity contribution in [3.8, 4) is 34.5 Å². The maximum absolute atomic E-state index is 13.7. The molecule has 3 N–H and O–H groups in total. The molecule has 2 aromatic carbocycles. The largest absolute Gasteiger partial charge is 0.493 e. The van der Waals surface area contributed by atoms with Gasteiger partial charge in [0.2, 0.25) is 11.5 Å². The van der Waals surface area contributed by atoms with Crippen LogP contribution < -0.4 is 44.4 Å². The average Bonchev–Trinajstić information content (AvgIpc) is 3.07. The lowest BCUT2D eigenvalue weighted by molar-refractivity contribution is 0.0619. The van der Waals surface area contributed by atoms with E-state index < -0.39 is 0 Å². The van der Waals surface area contributed by atoms with E-state index in [1.165, 1.54) is 42.7 Å². The number of rotatable bonds is 15. The van der Waals surface area contributed by atoms with Crippen molar-refractivity contribution in [3.05, 3.63) is 35.4 Å². The summed E-state index contributed by atoms with van der Waals surface area (Å²) < 4.78 is 32.5. The summed E-state index contributed by atoms with van der Waals surface area (Å²) in [5, 5.41) is 8.90. The average molecular weight is 631 g/mol. The van der Waals surface area contributed by atoms with E-state index in [1.807, 2.05) is 0 Å². The number of amides is 4. The molecule has 13 nitrogen and oxygen atoms in total. The Morgan fingerprint density at radius 1 is 0.756 bits per heavy atom. The van der Waals surface area contributed by atoms with E-state index in [1.54, 1.807) is 29.2 Å². The van der Waals surface area contributed by atoms with Crippen LogP contribution in [-0.2, 0) is 0 Å². The van der Waals surface area contributed by atoms with E-state index in [4.69, 9.17) is 28.4 Å². The summed E-state index contributed by atoms with van der Waals surface area (Å²) >= 11 is 0. The molecule has 1 heterocycles. The lowest BCUT2D eigenvalue weighted by Gasteiger charge is -2.39. The number of ether oxygens (including phenoxy) is 6. The number of carbonyl (C=O) groups excluding carboxylic acids is 3. The molecule has 3 rings (SSSR count). The zero-order valence-electron chi connectivity index (χ0n) is 27.2. The molecule has 0 unspecified atom stereocenters. The van der Waals surface area contributed by atoms with Crippen LogP contribution in [0.3, 0.4) is 0 Å². The minimum Gasteiger partial charge on any atom is -0.493 e. The van der Waals surface area contributed by atoms with Crippen LogP contribution in [0.1, 0.15) is 53.3 Å². The number of carbonyl (C=O) groups is 3. The summed E-state index contributed by atoms with van der Waals surface area (Å²) in [7, 11) is 8.93. The zero-order valence-corrected chi connectivity index (χ0v) is 27.2. The Morgan fingerprint density at radius 2 is 1.29 bits per heavy atom. The van der Waals surface area contributed by atoms with Gasteiger partial charge in [-0.1, -0.05) is 19.8 Å². The minimum atomic E-state index is -0.349. The molecule has 0 aliphatic carbocycles. The van der Waals surface area contributed by atoms with Crippen LogP contribution in [0.5, 0.6) is 34.5 Å². The van der Waals surface area contributed by atoms with Crippen molar-refractivity contribution in [1.29, 1.82) is 0 Å². The smallest absolute Gasteiger partial charge is 0.314 e. The lowest BCUT2D eigenvalue weighted by Crippen LogP contribution is -2.56. The number of unbranched alkanes of at least 4 members (excludes halogenated alkanes) is 2. The highest BCUT2D eigenvalue weighted by molar-refractivity contribution is 5.97. The maximum atomic E-state index is 13.7. The van der Waals surface area contributed by atoms with Gasteiger partial charge >= 0.3 is 6.03 Å². The third-order valence-electron chi connectivity index (χ3n) is 7.77. The first kappa shape index (κ1) is 34.9. The van der Waals surface area contributed by atoms with E-state index >= 15 is 0 Å². The van der Waals surface area contributed by atoms with Gasteiger partial charge in [-0.15, -0.1) is 0 Å². The molecule has 1 saturated heterocycles. The van der Waals surface area contributed by atoms with Crippen molar-refractivity contribution in [3.63, 3.8) is 0 Å². The Kier molecular flexibility index (Phi) is 13.3. The number of nitrogens with one attached hydrogen (secondary N) is 3. The zero-order chi connectivity index (χ0) is 32.9. The van der Waals surface area contributed by atoms with Crippen LogP contribution in [0.25, 0.3) is 0 Å². The fourth-order valence-electron chi connectivity index (χ4n) is 5.33. The summed E-state index contributed by atoms with van der Waals surface area (Å²) in [5.41, 5.74) is 0.686. The number of piperidine rings is 1. The van der Waals surface area contributed by atoms with Gasteiger partial charge in [0.15, 0.2) is 23.0 Å². The molecule has 1 aliphatic heterocycles. The van der Waals surface area contributed by atoms with E-state index in [9.17, 15) is 14.4 Å². The monoisotopic (exact) mass is 630 g/mol. The summed E-state index contributed by atoms with van der Waals surface area (Å²) in [6.07, 6.45) is 3.42. The van der Waals surface area contributed by atoms with Crippen LogP contribution in [-0.4, -0.2) is 97.6 Å². The van der Waals surface area contributed by atoms with Crippen LogP contribution in [0, 0.1) is 5.92 Å². The molecule has 2 aromatic rings. The van der Waals surface area contributed by atoms with Crippen LogP contribution in [0.4, 0.5) is 4.79 Å². The summed E-state index contributed by atoms with van der Waals surface area (Å²) in [4.78, 5) is 41.5. The predicted octanol–water partition coefficient (Wildman–Crippen LogP) is 3.49. The topological polar surface area (TPSA) is 146 Å². The first-order chi connectivity index (χ1) is 21.7. The highest BCUT2D eigenvalue weighted by atomic mass is 16.5. The van der Waals surface area contributed by atoms with Crippen molar-refractivity contribution in [1.82, 2.24) is 20.9 Å². The van der Waals surface area contributed by atoms with Crippen molar-refractivity contribution in [2.45, 2.75) is 38.6 Å². The fraction of sp³-hybridized carbons (Fsp3) is 0.531. The summed E-state index contributed by atoms with van der Waals surface area (Å²) in [6, 6.07) is 5.74.